The molecule has 0 saturated heterocycles. The van der Waals surface area contributed by atoms with Gasteiger partial charge in [0.05, 0.1) is 6.10 Å². The summed E-state index contributed by atoms with van der Waals surface area (Å²) in [6.07, 6.45) is -3.56. The van der Waals surface area contributed by atoms with Crippen molar-refractivity contribution in [1.29, 1.82) is 0 Å². The van der Waals surface area contributed by atoms with Gasteiger partial charge in [0.2, 0.25) is 5.91 Å². The van der Waals surface area contributed by atoms with Crippen LogP contribution >= 0.6 is 0 Å². The van der Waals surface area contributed by atoms with Crippen molar-refractivity contribution in [3.8, 4) is 5.75 Å². The van der Waals surface area contributed by atoms with Crippen molar-refractivity contribution in [2.75, 3.05) is 0 Å². The Hall–Kier alpha value is -2.77. The third-order valence-electron chi connectivity index (χ3n) is 3.42. The number of nitrogens with zero attached hydrogens (tertiary/aromatic N) is 1. The minimum absolute atomic E-state index is 0.0475. The van der Waals surface area contributed by atoms with E-state index in [1.54, 1.807) is 24.3 Å². The molecule has 0 bridgehead atoms. The van der Waals surface area contributed by atoms with Gasteiger partial charge in [0, 0.05) is 12.7 Å². The van der Waals surface area contributed by atoms with Crippen molar-refractivity contribution in [3.05, 3.63) is 64.1 Å². The predicted molar refractivity (Wildman–Crippen MR) is 89.8 cm³/mol. The molecule has 1 aromatic carbocycles. The Kier molecular flexibility index (Phi) is 6.07. The summed E-state index contributed by atoms with van der Waals surface area (Å²) in [5.74, 6) is 0.138. The number of hydrogen-bond acceptors (Lipinski definition) is 3. The number of amides is 1. The Labute approximate surface area is 148 Å². The van der Waals surface area contributed by atoms with E-state index in [9.17, 15) is 22.8 Å². The number of carbonyl (C=O) groups is 1. The standard InChI is InChI=1S/C18H19F3N2O3/c1-12(2)26-14-7-5-13(6-8-14)10-22-16(24)11-23-9-3-4-15(17(23)25)18(19,20)21/h3-9,12H,10-11H2,1-2H3,(H,22,24). The third-order valence-corrected chi connectivity index (χ3v) is 3.42. The molecular formula is C18H19F3N2O3. The fourth-order valence-corrected chi connectivity index (χ4v) is 2.25. The fraction of sp³-hybridized carbons (Fsp3) is 0.333. The van der Waals surface area contributed by atoms with E-state index in [0.717, 1.165) is 22.4 Å². The number of carbonyl (C=O) groups excluding carboxylic acids is 1. The summed E-state index contributed by atoms with van der Waals surface area (Å²) in [4.78, 5) is 23.7. The zero-order valence-corrected chi connectivity index (χ0v) is 14.3. The van der Waals surface area contributed by atoms with Gasteiger partial charge in [0.25, 0.3) is 5.56 Å². The first-order valence-electron chi connectivity index (χ1n) is 7.96. The highest BCUT2D eigenvalue weighted by molar-refractivity contribution is 5.75. The van der Waals surface area contributed by atoms with Crippen molar-refractivity contribution in [3.63, 3.8) is 0 Å². The topological polar surface area (TPSA) is 60.3 Å². The van der Waals surface area contributed by atoms with Crippen molar-refractivity contribution in [2.24, 2.45) is 0 Å². The summed E-state index contributed by atoms with van der Waals surface area (Å²) in [5.41, 5.74) is -1.75. The number of rotatable bonds is 6. The molecule has 5 nitrogen and oxygen atoms in total. The molecule has 1 N–H and O–H groups in total. The van der Waals surface area contributed by atoms with Crippen molar-refractivity contribution >= 4 is 5.91 Å². The van der Waals surface area contributed by atoms with E-state index < -0.39 is 29.8 Å². The summed E-state index contributed by atoms with van der Waals surface area (Å²) in [5, 5.41) is 2.57. The van der Waals surface area contributed by atoms with Gasteiger partial charge < -0.3 is 14.6 Å². The van der Waals surface area contributed by atoms with Gasteiger partial charge >= 0.3 is 6.18 Å². The largest absolute Gasteiger partial charge is 0.491 e. The molecule has 1 heterocycles. The van der Waals surface area contributed by atoms with Gasteiger partial charge in [-0.2, -0.15) is 13.2 Å². The Morgan fingerprint density at radius 3 is 2.42 bits per heavy atom. The van der Waals surface area contributed by atoms with Gasteiger partial charge in [-0.3, -0.25) is 9.59 Å². The number of benzene rings is 1. The molecular weight excluding hydrogens is 349 g/mol. The SMILES string of the molecule is CC(C)Oc1ccc(CNC(=O)Cn2cccc(C(F)(F)F)c2=O)cc1. The average molecular weight is 368 g/mol. The van der Waals surface area contributed by atoms with E-state index in [0.29, 0.717) is 11.8 Å². The summed E-state index contributed by atoms with van der Waals surface area (Å²) in [7, 11) is 0. The van der Waals surface area contributed by atoms with E-state index in [1.807, 2.05) is 13.8 Å². The van der Waals surface area contributed by atoms with Crippen LogP contribution in [0.2, 0.25) is 0 Å². The molecule has 0 fully saturated rings. The van der Waals surface area contributed by atoms with Crippen LogP contribution in [-0.2, 0) is 24.1 Å². The summed E-state index contributed by atoms with van der Waals surface area (Å²) >= 11 is 0. The van der Waals surface area contributed by atoms with Crippen LogP contribution in [-0.4, -0.2) is 16.6 Å². The Morgan fingerprint density at radius 2 is 1.85 bits per heavy atom. The molecule has 0 aliphatic rings. The molecule has 26 heavy (non-hydrogen) atoms. The van der Waals surface area contributed by atoms with Crippen LogP contribution in [0, 0.1) is 0 Å². The predicted octanol–water partition coefficient (Wildman–Crippen LogP) is 2.97. The smallest absolute Gasteiger partial charge is 0.421 e. The quantitative estimate of drug-likeness (QED) is 0.853. The first-order valence-corrected chi connectivity index (χ1v) is 7.96. The normalized spacial score (nSPS) is 11.5. The maximum atomic E-state index is 12.7. The van der Waals surface area contributed by atoms with Crippen LogP contribution in [0.1, 0.15) is 25.0 Å². The molecule has 8 heteroatoms. The molecule has 0 spiro atoms. The van der Waals surface area contributed by atoms with Gasteiger partial charge in [-0.1, -0.05) is 12.1 Å². The van der Waals surface area contributed by atoms with Gasteiger partial charge in [0.1, 0.15) is 17.9 Å². The van der Waals surface area contributed by atoms with Crippen LogP contribution in [0.4, 0.5) is 13.2 Å². The maximum Gasteiger partial charge on any atom is 0.421 e. The first-order chi connectivity index (χ1) is 12.2. The second-order valence-electron chi connectivity index (χ2n) is 5.94. The molecule has 0 aliphatic carbocycles. The highest BCUT2D eigenvalue weighted by Gasteiger charge is 2.34. The molecule has 0 aliphatic heterocycles. The molecule has 0 saturated carbocycles. The van der Waals surface area contributed by atoms with Gasteiger partial charge in [0.15, 0.2) is 0 Å². The number of aromatic nitrogens is 1. The van der Waals surface area contributed by atoms with E-state index in [4.69, 9.17) is 4.74 Å². The summed E-state index contributed by atoms with van der Waals surface area (Å²) < 4.78 is 44.4. The minimum atomic E-state index is -4.75. The second kappa shape index (κ2) is 8.07. The highest BCUT2D eigenvalue weighted by atomic mass is 19.4. The lowest BCUT2D eigenvalue weighted by Gasteiger charge is -2.12. The molecule has 2 rings (SSSR count). The van der Waals surface area contributed by atoms with Crippen molar-refractivity contribution in [1.82, 2.24) is 9.88 Å². The van der Waals surface area contributed by atoms with E-state index in [-0.39, 0.29) is 12.6 Å². The number of pyridine rings is 1. The zero-order chi connectivity index (χ0) is 19.3. The third kappa shape index (κ3) is 5.37. The molecule has 0 unspecified atom stereocenters. The van der Waals surface area contributed by atoms with Crippen LogP contribution in [0.25, 0.3) is 0 Å². The van der Waals surface area contributed by atoms with Crippen LogP contribution in [0.15, 0.2) is 47.4 Å². The molecule has 2 aromatic rings. The number of halogens is 3. The van der Waals surface area contributed by atoms with E-state index >= 15 is 0 Å². The fourth-order valence-electron chi connectivity index (χ4n) is 2.25. The van der Waals surface area contributed by atoms with Crippen LogP contribution < -0.4 is 15.6 Å². The summed E-state index contributed by atoms with van der Waals surface area (Å²) in [6.45, 7) is 3.51. The summed E-state index contributed by atoms with van der Waals surface area (Å²) in [6, 6.07) is 8.85. The first kappa shape index (κ1) is 19.6. The lowest BCUT2D eigenvalue weighted by molar-refractivity contribution is -0.139. The molecule has 1 aromatic heterocycles. The van der Waals surface area contributed by atoms with Gasteiger partial charge in [-0.15, -0.1) is 0 Å². The average Bonchev–Trinajstić information content (AvgIpc) is 2.54. The van der Waals surface area contributed by atoms with Crippen molar-refractivity contribution < 1.29 is 22.7 Å². The second-order valence-corrected chi connectivity index (χ2v) is 5.94. The molecule has 140 valence electrons. The van der Waals surface area contributed by atoms with Gasteiger partial charge in [-0.05, 0) is 43.7 Å². The molecule has 0 radical (unpaired) electrons. The van der Waals surface area contributed by atoms with E-state index in [2.05, 4.69) is 5.32 Å². The lowest BCUT2D eigenvalue weighted by atomic mass is 10.2. The van der Waals surface area contributed by atoms with E-state index in [1.165, 1.54) is 0 Å². The number of ether oxygens (including phenoxy) is 1. The zero-order valence-electron chi connectivity index (χ0n) is 14.3. The Bertz CT molecular complexity index is 812. The molecule has 1 amide bonds. The Balaban J connectivity index is 1.96. The Morgan fingerprint density at radius 1 is 1.19 bits per heavy atom. The number of hydrogen-bond donors (Lipinski definition) is 1. The molecule has 0 atom stereocenters. The van der Waals surface area contributed by atoms with Gasteiger partial charge in [-0.25, -0.2) is 0 Å². The number of nitrogens with one attached hydrogen (secondary N) is 1. The monoisotopic (exact) mass is 368 g/mol. The number of alkyl halides is 3. The van der Waals surface area contributed by atoms with Crippen LogP contribution in [0.5, 0.6) is 5.75 Å². The van der Waals surface area contributed by atoms with Crippen molar-refractivity contribution in [2.45, 2.75) is 39.2 Å². The minimum Gasteiger partial charge on any atom is -0.491 e. The maximum absolute atomic E-state index is 12.7. The lowest BCUT2D eigenvalue weighted by Crippen LogP contribution is -2.34. The highest BCUT2D eigenvalue weighted by Crippen LogP contribution is 2.25. The van der Waals surface area contributed by atoms with Crippen LogP contribution in [0.3, 0.4) is 0 Å².